The molecule has 7 nitrogen and oxygen atoms in total. The van der Waals surface area contributed by atoms with E-state index in [0.717, 1.165) is 19.5 Å². The number of rotatable bonds is 4. The van der Waals surface area contributed by atoms with Crippen molar-refractivity contribution in [2.24, 2.45) is 5.92 Å². The molecule has 0 saturated carbocycles. The van der Waals surface area contributed by atoms with E-state index >= 15 is 0 Å². The number of quaternary nitrogens is 1. The standard InChI is InChI=1S/C22H22N2O5/c1-14-3-2-10-23(12-14)13-18-19(25)9-8-17-21(26)20(29-22(17)18)11-15-4-6-16(7-5-15)24(27)28/h4-9,11,14,25H,2-3,10,12-13H2,1H3/p+1/b20-11+/t14-/m0/s1. The van der Waals surface area contributed by atoms with Crippen LogP contribution in [0.1, 0.15) is 41.3 Å². The van der Waals surface area contributed by atoms with Crippen LogP contribution in [-0.4, -0.2) is 28.9 Å². The molecule has 7 heteroatoms. The summed E-state index contributed by atoms with van der Waals surface area (Å²) in [5, 5.41) is 21.2. The fraction of sp³-hybridized carbons (Fsp3) is 0.318. The van der Waals surface area contributed by atoms with Gasteiger partial charge in [0.15, 0.2) is 11.5 Å². The van der Waals surface area contributed by atoms with E-state index < -0.39 is 4.92 Å². The van der Waals surface area contributed by atoms with Gasteiger partial charge in [-0.25, -0.2) is 0 Å². The number of benzene rings is 2. The number of piperidine rings is 1. The third-order valence-corrected chi connectivity index (χ3v) is 5.61. The summed E-state index contributed by atoms with van der Waals surface area (Å²) < 4.78 is 5.89. The van der Waals surface area contributed by atoms with Gasteiger partial charge in [-0.05, 0) is 48.7 Å². The van der Waals surface area contributed by atoms with Crippen molar-refractivity contribution in [3.8, 4) is 11.5 Å². The van der Waals surface area contributed by atoms with E-state index in [1.165, 1.54) is 23.5 Å². The van der Waals surface area contributed by atoms with E-state index in [2.05, 4.69) is 6.92 Å². The highest BCUT2D eigenvalue weighted by Crippen LogP contribution is 2.39. The van der Waals surface area contributed by atoms with Crippen molar-refractivity contribution in [2.45, 2.75) is 26.3 Å². The Morgan fingerprint density at radius 1 is 1.28 bits per heavy atom. The van der Waals surface area contributed by atoms with Gasteiger partial charge in [-0.2, -0.15) is 0 Å². The summed E-state index contributed by atoms with van der Waals surface area (Å²) >= 11 is 0. The molecule has 1 saturated heterocycles. The Bertz CT molecular complexity index is 997. The number of fused-ring (bicyclic) bond motifs is 1. The zero-order chi connectivity index (χ0) is 20.5. The number of phenols is 1. The lowest BCUT2D eigenvalue weighted by Crippen LogP contribution is -3.12. The van der Waals surface area contributed by atoms with E-state index in [1.54, 1.807) is 30.3 Å². The number of carbonyl (C=O) groups is 1. The first-order chi connectivity index (χ1) is 13.9. The number of hydrogen-bond acceptors (Lipinski definition) is 5. The van der Waals surface area contributed by atoms with Crippen LogP contribution < -0.4 is 9.64 Å². The predicted molar refractivity (Wildman–Crippen MR) is 107 cm³/mol. The summed E-state index contributed by atoms with van der Waals surface area (Å²) in [5.74, 6) is 1.11. The third kappa shape index (κ3) is 3.86. The lowest BCUT2D eigenvalue weighted by atomic mass is 9.99. The molecule has 1 fully saturated rings. The first kappa shape index (κ1) is 19.1. The number of likely N-dealkylation sites (tertiary alicyclic amines) is 1. The quantitative estimate of drug-likeness (QED) is 0.472. The maximum Gasteiger partial charge on any atom is 0.269 e. The molecule has 0 aliphatic carbocycles. The number of non-ortho nitro benzene ring substituents is 1. The first-order valence-electron chi connectivity index (χ1n) is 9.79. The number of ketones is 1. The molecule has 0 aromatic heterocycles. The molecule has 2 aromatic carbocycles. The lowest BCUT2D eigenvalue weighted by molar-refractivity contribution is -0.922. The number of nitro groups is 1. The van der Waals surface area contributed by atoms with E-state index in [-0.39, 0.29) is 23.0 Å². The molecule has 2 atom stereocenters. The highest BCUT2D eigenvalue weighted by molar-refractivity contribution is 6.15. The Hall–Kier alpha value is -3.19. The number of nitro benzene ring substituents is 1. The third-order valence-electron chi connectivity index (χ3n) is 5.61. The number of aromatic hydroxyl groups is 1. The van der Waals surface area contributed by atoms with E-state index in [4.69, 9.17) is 4.74 Å². The van der Waals surface area contributed by atoms with Gasteiger partial charge in [0.25, 0.3) is 5.69 Å². The van der Waals surface area contributed by atoms with Gasteiger partial charge < -0.3 is 14.7 Å². The minimum Gasteiger partial charge on any atom is -0.507 e. The minimum absolute atomic E-state index is 0.0138. The van der Waals surface area contributed by atoms with Crippen LogP contribution in [-0.2, 0) is 6.54 Å². The van der Waals surface area contributed by atoms with Crippen LogP contribution in [0.25, 0.3) is 6.08 Å². The Morgan fingerprint density at radius 2 is 2.03 bits per heavy atom. The molecule has 0 bridgehead atoms. The fourth-order valence-corrected chi connectivity index (χ4v) is 4.12. The van der Waals surface area contributed by atoms with Gasteiger partial charge in [-0.15, -0.1) is 0 Å². The Kier molecular flexibility index (Phi) is 5.07. The zero-order valence-electron chi connectivity index (χ0n) is 16.2. The highest BCUT2D eigenvalue weighted by Gasteiger charge is 2.33. The minimum atomic E-state index is -0.469. The number of nitrogens with zero attached hydrogens (tertiary/aromatic N) is 1. The largest absolute Gasteiger partial charge is 0.507 e. The lowest BCUT2D eigenvalue weighted by Gasteiger charge is -2.28. The summed E-state index contributed by atoms with van der Waals surface area (Å²) in [6.07, 6.45) is 3.94. The summed E-state index contributed by atoms with van der Waals surface area (Å²) in [4.78, 5) is 24.5. The van der Waals surface area contributed by atoms with Gasteiger partial charge >= 0.3 is 0 Å². The molecule has 2 heterocycles. The van der Waals surface area contributed by atoms with Crippen molar-refractivity contribution in [3.05, 3.63) is 69.0 Å². The van der Waals surface area contributed by atoms with Gasteiger partial charge in [0.05, 0.1) is 29.1 Å². The molecule has 1 unspecified atom stereocenters. The van der Waals surface area contributed by atoms with Crippen LogP contribution in [0.15, 0.2) is 42.2 Å². The van der Waals surface area contributed by atoms with E-state index in [1.807, 2.05) is 0 Å². The van der Waals surface area contributed by atoms with Gasteiger partial charge in [0.2, 0.25) is 5.78 Å². The maximum absolute atomic E-state index is 12.8. The topological polar surface area (TPSA) is 94.1 Å². The van der Waals surface area contributed by atoms with Crippen molar-refractivity contribution in [1.82, 2.24) is 0 Å². The molecule has 2 aromatic rings. The van der Waals surface area contributed by atoms with Crippen LogP contribution >= 0.6 is 0 Å². The normalized spacial score (nSPS) is 22.4. The molecule has 2 aliphatic heterocycles. The average molecular weight is 395 g/mol. The van der Waals surface area contributed by atoms with Crippen LogP contribution in [0, 0.1) is 16.0 Å². The Labute approximate surface area is 168 Å². The summed E-state index contributed by atoms with van der Waals surface area (Å²) in [5.41, 5.74) is 1.72. The second kappa shape index (κ2) is 7.67. The molecule has 4 rings (SSSR count). The molecule has 0 spiro atoms. The molecule has 2 aliphatic rings. The highest BCUT2D eigenvalue weighted by atomic mass is 16.6. The molecule has 0 radical (unpaired) electrons. The Morgan fingerprint density at radius 3 is 2.72 bits per heavy atom. The van der Waals surface area contributed by atoms with Gasteiger partial charge in [0, 0.05) is 18.1 Å². The van der Waals surface area contributed by atoms with Crippen molar-refractivity contribution in [3.63, 3.8) is 0 Å². The number of ether oxygens (including phenoxy) is 1. The second-order valence-electron chi connectivity index (χ2n) is 7.86. The predicted octanol–water partition coefficient (Wildman–Crippen LogP) is 2.73. The molecule has 0 amide bonds. The van der Waals surface area contributed by atoms with Crippen LogP contribution in [0.3, 0.4) is 0 Å². The summed E-state index contributed by atoms with van der Waals surface area (Å²) in [6, 6.07) is 9.05. The number of hydrogen-bond donors (Lipinski definition) is 2. The van der Waals surface area contributed by atoms with Gasteiger partial charge in [-0.3, -0.25) is 14.9 Å². The SMILES string of the molecule is C[C@H]1CCC[NH+](Cc2c(O)ccc3c2O/C(=C/c2ccc([N+](=O)[O-])cc2)C3=O)C1. The zero-order valence-corrected chi connectivity index (χ0v) is 16.2. The molecular weight excluding hydrogens is 372 g/mol. The van der Waals surface area contributed by atoms with Crippen molar-refractivity contribution < 1.29 is 24.5 Å². The smallest absolute Gasteiger partial charge is 0.269 e. The van der Waals surface area contributed by atoms with Crippen molar-refractivity contribution >= 4 is 17.5 Å². The summed E-state index contributed by atoms with van der Waals surface area (Å²) in [6.45, 7) is 4.91. The van der Waals surface area contributed by atoms with E-state index in [0.29, 0.717) is 34.9 Å². The van der Waals surface area contributed by atoms with Crippen molar-refractivity contribution in [2.75, 3.05) is 13.1 Å². The van der Waals surface area contributed by atoms with Gasteiger partial charge in [-0.1, -0.05) is 6.92 Å². The number of Topliss-reactive ketones (excluding diaryl/α,β-unsaturated/α-hetero) is 1. The number of nitrogens with one attached hydrogen (secondary N) is 1. The van der Waals surface area contributed by atoms with E-state index in [9.17, 15) is 20.0 Å². The molecular formula is C22H23N2O5+. The number of phenolic OH excluding ortho intramolecular Hbond substituents is 1. The van der Waals surface area contributed by atoms with Crippen LogP contribution in [0.5, 0.6) is 11.5 Å². The average Bonchev–Trinajstić information content (AvgIpc) is 3.00. The summed E-state index contributed by atoms with van der Waals surface area (Å²) in [7, 11) is 0. The van der Waals surface area contributed by atoms with Crippen LogP contribution in [0.2, 0.25) is 0 Å². The monoisotopic (exact) mass is 395 g/mol. The van der Waals surface area contributed by atoms with Crippen molar-refractivity contribution in [1.29, 1.82) is 0 Å². The molecule has 2 N–H and O–H groups in total. The first-order valence-corrected chi connectivity index (χ1v) is 9.79. The fourth-order valence-electron chi connectivity index (χ4n) is 4.12. The number of allylic oxidation sites excluding steroid dienone is 1. The van der Waals surface area contributed by atoms with Crippen LogP contribution in [0.4, 0.5) is 5.69 Å². The maximum atomic E-state index is 12.8. The molecule has 150 valence electrons. The number of carbonyl (C=O) groups excluding carboxylic acids is 1. The van der Waals surface area contributed by atoms with Gasteiger partial charge in [0.1, 0.15) is 12.3 Å². The Balaban J connectivity index is 1.61. The second-order valence-corrected chi connectivity index (χ2v) is 7.86. The molecule has 29 heavy (non-hydrogen) atoms.